The molecule has 3 aliphatic rings. The molecule has 0 N–H and O–H groups in total. The van der Waals surface area contributed by atoms with Gasteiger partial charge in [0.1, 0.15) is 23.9 Å². The molecule has 0 aromatic rings. The van der Waals surface area contributed by atoms with Gasteiger partial charge in [0.2, 0.25) is 0 Å². The summed E-state index contributed by atoms with van der Waals surface area (Å²) in [5, 5.41) is 0. The number of ketones is 1. The largest absolute Gasteiger partial charge is 0.411 e. The molecule has 0 amide bonds. The van der Waals surface area contributed by atoms with Gasteiger partial charge in [-0.2, -0.15) is 13.2 Å². The Labute approximate surface area is 134 Å². The molecular weight excluding hydrogens is 317 g/mol. The quantitative estimate of drug-likeness (QED) is 0.544. The number of carbonyl (C=O) groups excluding carboxylic acids is 1. The third kappa shape index (κ3) is 3.17. The minimum absolute atomic E-state index is 0.161. The maximum Gasteiger partial charge on any atom is 0.411 e. The third-order valence-electron chi connectivity index (χ3n) is 4.46. The topological polar surface area (TPSA) is 60.6 Å². The van der Waals surface area contributed by atoms with E-state index in [1.807, 2.05) is 0 Å². The van der Waals surface area contributed by atoms with Crippen LogP contribution in [0.2, 0.25) is 0 Å². The fourth-order valence-electron chi connectivity index (χ4n) is 3.23. The molecule has 8 heteroatoms. The molecule has 2 heterocycles. The fraction of sp³-hybridized carbons (Fsp3) is 0.800. The van der Waals surface area contributed by atoms with Crippen LogP contribution in [-0.4, -0.2) is 62.3 Å². The van der Waals surface area contributed by atoms with Crippen LogP contribution in [0.4, 0.5) is 13.2 Å². The first kappa shape index (κ1) is 14.4. The Balaban J connectivity index is 1.71. The van der Waals surface area contributed by atoms with Crippen LogP contribution < -0.4 is 0 Å². The van der Waals surface area contributed by atoms with Gasteiger partial charge in [0.25, 0.3) is 0 Å². The van der Waals surface area contributed by atoms with Crippen LogP contribution in [0.5, 0.6) is 0 Å². The summed E-state index contributed by atoms with van der Waals surface area (Å²) in [4.78, 5) is 12.3. The van der Waals surface area contributed by atoms with Crippen molar-refractivity contribution in [1.29, 1.82) is 0 Å². The van der Waals surface area contributed by atoms with Gasteiger partial charge in [0, 0.05) is 13.7 Å². The Kier molecular flexibility index (Phi) is 3.47. The number of hydrogen-bond donors (Lipinski definition) is 0. The van der Waals surface area contributed by atoms with Crippen molar-refractivity contribution >= 4 is 5.78 Å². The van der Waals surface area contributed by atoms with Gasteiger partial charge in [-0.25, -0.2) is 0 Å². The summed E-state index contributed by atoms with van der Waals surface area (Å²) in [6.07, 6.45) is -5.36. The van der Waals surface area contributed by atoms with Crippen LogP contribution in [0.1, 0.15) is 16.1 Å². The van der Waals surface area contributed by atoms with E-state index < -0.39 is 47.9 Å². The number of halogens is 3. The van der Waals surface area contributed by atoms with E-state index in [9.17, 15) is 18.0 Å². The van der Waals surface area contributed by atoms with Crippen molar-refractivity contribution in [1.82, 2.24) is 0 Å². The van der Waals surface area contributed by atoms with Crippen LogP contribution in [0, 0.1) is 5.92 Å². The summed E-state index contributed by atoms with van der Waals surface area (Å²) < 4.78 is 73.4. The van der Waals surface area contributed by atoms with Crippen LogP contribution >= 0.6 is 0 Å². The van der Waals surface area contributed by atoms with Crippen LogP contribution in [-0.2, 0) is 23.7 Å². The summed E-state index contributed by atoms with van der Waals surface area (Å²) in [5.74, 6) is -1.61. The maximum atomic E-state index is 12.3. The Hall–Kier alpha value is -0.960. The van der Waals surface area contributed by atoms with E-state index in [1.54, 1.807) is 6.92 Å². The molecule has 0 radical (unpaired) electrons. The predicted octanol–water partition coefficient (Wildman–Crippen LogP) is 1.65. The van der Waals surface area contributed by atoms with E-state index in [-0.39, 0.29) is 25.7 Å². The molecule has 2 aliphatic heterocycles. The van der Waals surface area contributed by atoms with Gasteiger partial charge in [0.05, 0.1) is 21.4 Å². The molecular formula is C15H19F3O5. The molecule has 0 bridgehead atoms. The zero-order valence-corrected chi connectivity index (χ0v) is 12.7. The van der Waals surface area contributed by atoms with Crippen LogP contribution in [0.15, 0.2) is 12.1 Å². The summed E-state index contributed by atoms with van der Waals surface area (Å²) in [7, 11) is 1.21. The summed E-state index contributed by atoms with van der Waals surface area (Å²) in [6.45, 7) is 0.407. The summed E-state index contributed by atoms with van der Waals surface area (Å²) >= 11 is 0. The van der Waals surface area contributed by atoms with Crippen LogP contribution in [0.25, 0.3) is 0 Å². The van der Waals surface area contributed by atoms with Crippen molar-refractivity contribution in [3.8, 4) is 0 Å². The minimum atomic E-state index is -4.39. The molecule has 2 fully saturated rings. The van der Waals surface area contributed by atoms with Crippen LogP contribution in [0.3, 0.4) is 0 Å². The second kappa shape index (κ2) is 5.54. The molecule has 130 valence electrons. The number of hydrogen-bond acceptors (Lipinski definition) is 5. The van der Waals surface area contributed by atoms with Crippen molar-refractivity contribution in [3.05, 3.63) is 12.1 Å². The van der Waals surface area contributed by atoms with Crippen molar-refractivity contribution in [2.75, 3.05) is 26.9 Å². The minimum Gasteiger partial charge on any atom is -0.373 e. The van der Waals surface area contributed by atoms with E-state index >= 15 is 0 Å². The number of carbonyl (C=O) groups is 1. The Morgan fingerprint density at radius 1 is 1.57 bits per heavy atom. The Morgan fingerprint density at radius 2 is 2.26 bits per heavy atom. The summed E-state index contributed by atoms with van der Waals surface area (Å²) in [5.41, 5.74) is -1.97. The van der Waals surface area contributed by atoms with E-state index in [1.165, 1.54) is 13.2 Å². The average molecular weight is 338 g/mol. The van der Waals surface area contributed by atoms with Gasteiger partial charge < -0.3 is 18.9 Å². The number of epoxide rings is 2. The second-order valence-corrected chi connectivity index (χ2v) is 6.11. The molecule has 1 spiro atoms. The molecule has 1 aliphatic carbocycles. The molecule has 5 nitrogen and oxygen atoms in total. The lowest BCUT2D eigenvalue weighted by atomic mass is 9.72. The van der Waals surface area contributed by atoms with E-state index in [4.69, 9.17) is 17.0 Å². The highest BCUT2D eigenvalue weighted by atomic mass is 19.4. The predicted molar refractivity (Wildman–Crippen MR) is 71.9 cm³/mol. The lowest BCUT2D eigenvalue weighted by Crippen LogP contribution is -2.50. The van der Waals surface area contributed by atoms with Crippen molar-refractivity contribution in [2.24, 2.45) is 5.92 Å². The molecule has 0 aromatic heterocycles. The molecule has 5 atom stereocenters. The van der Waals surface area contributed by atoms with Gasteiger partial charge in [-0.05, 0) is 25.5 Å². The molecule has 23 heavy (non-hydrogen) atoms. The first-order valence-corrected chi connectivity index (χ1v) is 7.24. The first-order valence-electron chi connectivity index (χ1n) is 8.24. The highest BCUT2D eigenvalue weighted by Gasteiger charge is 2.71. The van der Waals surface area contributed by atoms with Gasteiger partial charge in [-0.15, -0.1) is 0 Å². The zero-order valence-electron chi connectivity index (χ0n) is 14.7. The van der Waals surface area contributed by atoms with Gasteiger partial charge in [-0.1, -0.05) is 0 Å². The maximum absolute atomic E-state index is 12.3. The number of rotatable bonds is 6. The van der Waals surface area contributed by atoms with Crippen molar-refractivity contribution in [3.63, 3.8) is 0 Å². The highest BCUT2D eigenvalue weighted by Crippen LogP contribution is 2.56. The lowest BCUT2D eigenvalue weighted by Gasteiger charge is -2.34. The summed E-state index contributed by atoms with van der Waals surface area (Å²) in [6, 6.07) is -0.347. The van der Waals surface area contributed by atoms with Crippen molar-refractivity contribution in [2.45, 2.75) is 42.9 Å². The molecule has 1 unspecified atom stereocenters. The second-order valence-electron chi connectivity index (χ2n) is 6.11. The number of methoxy groups -OCH3 is 1. The van der Waals surface area contributed by atoms with Gasteiger partial charge in [-0.3, -0.25) is 4.79 Å². The average Bonchev–Trinajstić information content (AvgIpc) is 3.40. The van der Waals surface area contributed by atoms with Gasteiger partial charge in [0.15, 0.2) is 5.78 Å². The standard InChI is InChI=1S/C15H19F3O5/c1-13(10(23-13)4-6-21-8-15(16,17)18)12-11(20-2)9(19)3-5-14(12)7-22-14/h3,5,10-12H,4,6-8H2,1-2H3/t10-,11-,12-,13?,14+/m1/s1/i3D,11D. The Morgan fingerprint density at radius 3 is 2.83 bits per heavy atom. The zero-order chi connectivity index (χ0) is 18.7. The third-order valence-corrected chi connectivity index (χ3v) is 4.46. The molecule has 0 saturated carbocycles. The number of ether oxygens (including phenoxy) is 4. The highest BCUT2D eigenvalue weighted by molar-refractivity contribution is 5.95. The smallest absolute Gasteiger partial charge is 0.373 e. The van der Waals surface area contributed by atoms with Gasteiger partial charge >= 0.3 is 6.18 Å². The Bertz CT molecular complexity index is 606. The lowest BCUT2D eigenvalue weighted by molar-refractivity contribution is -0.174. The molecule has 0 aromatic carbocycles. The van der Waals surface area contributed by atoms with E-state index in [0.29, 0.717) is 0 Å². The van der Waals surface area contributed by atoms with E-state index in [2.05, 4.69) is 4.74 Å². The number of alkyl halides is 3. The molecule has 2 saturated heterocycles. The SMILES string of the molecule is [2H]C1=C[C@]2(CO2)[C@@H](C2(C)O[C@@H]2CCOCC(F)(F)F)[C@]([2H])(OC)C1=O. The first-order chi connectivity index (χ1) is 11.5. The van der Waals surface area contributed by atoms with E-state index in [0.717, 1.165) is 0 Å². The molecule has 3 rings (SSSR count). The fourth-order valence-corrected chi connectivity index (χ4v) is 3.23. The van der Waals surface area contributed by atoms with Crippen molar-refractivity contribution < 1.29 is 39.7 Å². The monoisotopic (exact) mass is 338 g/mol. The normalized spacial score (nSPS) is 47.2.